The number of anilines is 1. The number of hydrogen-bond donors (Lipinski definition) is 0. The fraction of sp³-hybridized carbons (Fsp3) is 0.591. The molecule has 2 heterocycles. The van der Waals surface area contributed by atoms with E-state index in [0.717, 1.165) is 50.2 Å². The third-order valence-corrected chi connectivity index (χ3v) is 6.53. The van der Waals surface area contributed by atoms with Crippen LogP contribution in [0.4, 0.5) is 5.69 Å². The molecule has 0 radical (unpaired) electrons. The number of hydrogen-bond acceptors (Lipinski definition) is 5. The van der Waals surface area contributed by atoms with Crippen LogP contribution in [0.1, 0.15) is 32.1 Å². The predicted octanol–water partition coefficient (Wildman–Crippen LogP) is 1.91. The van der Waals surface area contributed by atoms with Gasteiger partial charge in [-0.1, -0.05) is 18.9 Å². The maximum atomic E-state index is 12.7. The number of carbonyl (C=O) groups excluding carboxylic acids is 3. The van der Waals surface area contributed by atoms with E-state index in [4.69, 9.17) is 4.74 Å². The Bertz CT molecular complexity index is 764. The van der Waals surface area contributed by atoms with Gasteiger partial charge in [-0.05, 0) is 25.0 Å². The van der Waals surface area contributed by atoms with Crippen molar-refractivity contribution in [2.45, 2.75) is 32.1 Å². The van der Waals surface area contributed by atoms with Gasteiger partial charge in [0.05, 0.1) is 18.9 Å². The zero-order valence-electron chi connectivity index (χ0n) is 17.0. The van der Waals surface area contributed by atoms with Gasteiger partial charge in [-0.15, -0.1) is 0 Å². The van der Waals surface area contributed by atoms with Crippen molar-refractivity contribution in [3.05, 3.63) is 24.3 Å². The lowest BCUT2D eigenvalue weighted by Crippen LogP contribution is -2.49. The summed E-state index contributed by atoms with van der Waals surface area (Å²) in [5.74, 6) is 0.438. The van der Waals surface area contributed by atoms with Crippen LogP contribution in [-0.4, -0.2) is 67.4 Å². The maximum Gasteiger partial charge on any atom is 0.233 e. The highest BCUT2D eigenvalue weighted by Gasteiger charge is 2.47. The van der Waals surface area contributed by atoms with Crippen LogP contribution in [0.3, 0.4) is 0 Å². The Hall–Kier alpha value is -2.57. The molecular weight excluding hydrogens is 370 g/mol. The van der Waals surface area contributed by atoms with Crippen molar-refractivity contribution in [2.75, 3.05) is 44.7 Å². The largest absolute Gasteiger partial charge is 0.497 e. The zero-order chi connectivity index (χ0) is 20.4. The normalized spacial score (nSPS) is 24.7. The van der Waals surface area contributed by atoms with Crippen LogP contribution in [0.5, 0.6) is 5.75 Å². The average molecular weight is 399 g/mol. The van der Waals surface area contributed by atoms with Crippen molar-refractivity contribution < 1.29 is 19.1 Å². The highest BCUT2D eigenvalue weighted by Crippen LogP contribution is 2.38. The smallest absolute Gasteiger partial charge is 0.233 e. The van der Waals surface area contributed by atoms with Gasteiger partial charge in [0.2, 0.25) is 17.7 Å². The molecule has 1 aromatic carbocycles. The summed E-state index contributed by atoms with van der Waals surface area (Å²) in [7, 11) is 1.65. The highest BCUT2D eigenvalue weighted by atomic mass is 16.5. The van der Waals surface area contributed by atoms with Crippen LogP contribution >= 0.6 is 0 Å². The van der Waals surface area contributed by atoms with Crippen LogP contribution in [0.15, 0.2) is 24.3 Å². The number of ether oxygens (including phenoxy) is 1. The van der Waals surface area contributed by atoms with Gasteiger partial charge >= 0.3 is 0 Å². The van der Waals surface area contributed by atoms with Crippen molar-refractivity contribution in [3.8, 4) is 5.75 Å². The zero-order valence-corrected chi connectivity index (χ0v) is 17.0. The van der Waals surface area contributed by atoms with Gasteiger partial charge in [0, 0.05) is 50.9 Å². The lowest BCUT2D eigenvalue weighted by molar-refractivity contribution is -0.140. The van der Waals surface area contributed by atoms with Crippen molar-refractivity contribution in [1.82, 2.24) is 9.80 Å². The third kappa shape index (κ3) is 3.95. The molecule has 2 saturated heterocycles. The molecule has 7 heteroatoms. The first-order valence-corrected chi connectivity index (χ1v) is 10.6. The van der Waals surface area contributed by atoms with Gasteiger partial charge in [-0.2, -0.15) is 0 Å². The second-order valence-electron chi connectivity index (χ2n) is 8.14. The molecule has 7 nitrogen and oxygen atoms in total. The van der Waals surface area contributed by atoms with Gasteiger partial charge < -0.3 is 14.5 Å². The first-order chi connectivity index (χ1) is 14.1. The molecule has 0 aromatic heterocycles. The van der Waals surface area contributed by atoms with E-state index in [-0.39, 0.29) is 42.5 Å². The Morgan fingerprint density at radius 1 is 1.03 bits per heavy atom. The van der Waals surface area contributed by atoms with E-state index in [0.29, 0.717) is 13.1 Å². The minimum absolute atomic E-state index is 0.0192. The standard InChI is InChI=1S/C22H29N3O4/c1-29-17-6-4-5-16(15-17)23-11-13-24(14-12-23)20(26)9-10-25-21(27)18-7-2-3-8-19(18)22(25)28/h4-6,15,18-19H,2-3,7-14H2,1H3/t18-,19+. The minimum atomic E-state index is -0.141. The van der Waals surface area contributed by atoms with E-state index >= 15 is 0 Å². The third-order valence-electron chi connectivity index (χ3n) is 6.53. The SMILES string of the molecule is COc1cccc(N2CCN(C(=O)CCN3C(=O)[C@H]4CCCC[C@H]4C3=O)CC2)c1. The number of amides is 3. The van der Waals surface area contributed by atoms with Crippen LogP contribution in [0.25, 0.3) is 0 Å². The number of rotatable bonds is 5. The number of imide groups is 1. The Kier molecular flexibility index (Phi) is 5.74. The Morgan fingerprint density at radius 2 is 1.69 bits per heavy atom. The number of benzene rings is 1. The van der Waals surface area contributed by atoms with Gasteiger partial charge in [0.15, 0.2) is 0 Å². The fourth-order valence-electron chi connectivity index (χ4n) is 4.84. The van der Waals surface area contributed by atoms with Gasteiger partial charge in [-0.25, -0.2) is 0 Å². The van der Waals surface area contributed by atoms with Gasteiger partial charge in [-0.3, -0.25) is 19.3 Å². The Balaban J connectivity index is 1.28. The Labute approximate surface area is 171 Å². The molecule has 2 atom stereocenters. The first-order valence-electron chi connectivity index (χ1n) is 10.6. The highest BCUT2D eigenvalue weighted by molar-refractivity contribution is 6.05. The van der Waals surface area contributed by atoms with Gasteiger partial charge in [0.25, 0.3) is 0 Å². The lowest BCUT2D eigenvalue weighted by atomic mass is 9.81. The molecule has 4 rings (SSSR count). The molecule has 1 aliphatic carbocycles. The summed E-state index contributed by atoms with van der Waals surface area (Å²) in [6.45, 7) is 3.02. The molecule has 1 aromatic rings. The van der Waals surface area contributed by atoms with E-state index < -0.39 is 0 Å². The number of carbonyl (C=O) groups is 3. The molecule has 3 fully saturated rings. The van der Waals surface area contributed by atoms with Crippen LogP contribution < -0.4 is 9.64 Å². The molecule has 3 aliphatic rings. The van der Waals surface area contributed by atoms with Crippen molar-refractivity contribution >= 4 is 23.4 Å². The van der Waals surface area contributed by atoms with Crippen molar-refractivity contribution in [1.29, 1.82) is 0 Å². The van der Waals surface area contributed by atoms with Crippen LogP contribution in [0, 0.1) is 11.8 Å². The Morgan fingerprint density at radius 3 is 2.31 bits per heavy atom. The topological polar surface area (TPSA) is 70.2 Å². The average Bonchev–Trinajstić information content (AvgIpc) is 3.02. The number of nitrogens with zero attached hydrogens (tertiary/aromatic N) is 3. The molecule has 0 spiro atoms. The van der Waals surface area contributed by atoms with Crippen molar-refractivity contribution in [3.63, 3.8) is 0 Å². The van der Waals surface area contributed by atoms with Gasteiger partial charge in [0.1, 0.15) is 5.75 Å². The number of fused-ring (bicyclic) bond motifs is 1. The van der Waals surface area contributed by atoms with E-state index in [1.165, 1.54) is 4.90 Å². The quantitative estimate of drug-likeness (QED) is 0.708. The summed E-state index contributed by atoms with van der Waals surface area (Å²) in [6.07, 6.45) is 3.88. The first kappa shape index (κ1) is 19.7. The van der Waals surface area contributed by atoms with Crippen molar-refractivity contribution in [2.24, 2.45) is 11.8 Å². The number of methoxy groups -OCH3 is 1. The molecule has 0 N–H and O–H groups in total. The summed E-state index contributed by atoms with van der Waals surface area (Å²) >= 11 is 0. The molecule has 3 amide bonds. The molecule has 156 valence electrons. The molecule has 2 aliphatic heterocycles. The summed E-state index contributed by atoms with van der Waals surface area (Å²) in [5.41, 5.74) is 1.09. The number of likely N-dealkylation sites (tertiary alicyclic amines) is 1. The molecule has 29 heavy (non-hydrogen) atoms. The second kappa shape index (κ2) is 8.43. The minimum Gasteiger partial charge on any atom is -0.497 e. The predicted molar refractivity (Wildman–Crippen MR) is 109 cm³/mol. The van der Waals surface area contributed by atoms with E-state index in [2.05, 4.69) is 4.90 Å². The van der Waals surface area contributed by atoms with E-state index in [1.807, 2.05) is 29.2 Å². The maximum absolute atomic E-state index is 12.7. The van der Waals surface area contributed by atoms with Crippen LogP contribution in [0.2, 0.25) is 0 Å². The molecular formula is C22H29N3O4. The summed E-state index contributed by atoms with van der Waals surface area (Å²) in [4.78, 5) is 43.2. The summed E-state index contributed by atoms with van der Waals surface area (Å²) < 4.78 is 5.29. The lowest BCUT2D eigenvalue weighted by Gasteiger charge is -2.36. The molecule has 0 unspecified atom stereocenters. The van der Waals surface area contributed by atoms with E-state index in [1.54, 1.807) is 7.11 Å². The molecule has 0 bridgehead atoms. The van der Waals surface area contributed by atoms with E-state index in [9.17, 15) is 14.4 Å². The fourth-order valence-corrected chi connectivity index (χ4v) is 4.84. The monoisotopic (exact) mass is 399 g/mol. The number of piperazine rings is 1. The van der Waals surface area contributed by atoms with Crippen LogP contribution in [-0.2, 0) is 14.4 Å². The second-order valence-corrected chi connectivity index (χ2v) is 8.14. The summed E-state index contributed by atoms with van der Waals surface area (Å²) in [5, 5.41) is 0. The summed E-state index contributed by atoms with van der Waals surface area (Å²) in [6, 6.07) is 7.93. The molecule has 1 saturated carbocycles.